The second-order valence-corrected chi connectivity index (χ2v) is 13.9. The highest BCUT2D eigenvalue weighted by atomic mass is 127. The summed E-state index contributed by atoms with van der Waals surface area (Å²) < 4.78 is 7.80. The van der Waals surface area contributed by atoms with Crippen LogP contribution in [0.4, 0.5) is 0 Å². The van der Waals surface area contributed by atoms with Crippen molar-refractivity contribution in [3.63, 3.8) is 0 Å². The van der Waals surface area contributed by atoms with Gasteiger partial charge in [-0.15, -0.1) is 6.58 Å². The molecule has 1 aliphatic heterocycles. The summed E-state index contributed by atoms with van der Waals surface area (Å²) in [7, 11) is 0. The predicted molar refractivity (Wildman–Crippen MR) is 153 cm³/mol. The van der Waals surface area contributed by atoms with Gasteiger partial charge in [-0.25, -0.2) is 0 Å². The Morgan fingerprint density at radius 1 is 0.969 bits per heavy atom. The summed E-state index contributed by atoms with van der Waals surface area (Å²) in [6, 6.07) is 0.376. The molecule has 0 aromatic heterocycles. The maximum atomic E-state index is 12.9. The average molecular weight is 671 g/mol. The van der Waals surface area contributed by atoms with Crippen molar-refractivity contribution in [1.29, 1.82) is 0 Å². The third-order valence-electron chi connectivity index (χ3n) is 8.86. The van der Waals surface area contributed by atoms with E-state index in [-0.39, 0.29) is 0 Å². The highest BCUT2D eigenvalue weighted by molar-refractivity contribution is 14.1. The van der Waals surface area contributed by atoms with E-state index in [0.717, 1.165) is 48.0 Å². The van der Waals surface area contributed by atoms with Crippen molar-refractivity contribution in [2.45, 2.75) is 123 Å². The molecule has 1 saturated heterocycles. The van der Waals surface area contributed by atoms with Gasteiger partial charge in [-0.2, -0.15) is 0 Å². The van der Waals surface area contributed by atoms with Gasteiger partial charge < -0.3 is 15.0 Å². The number of quaternary nitrogens is 1. The fraction of sp³-hybridized carbons (Fsp3) is 0.926. The molecule has 2 saturated carbocycles. The smallest absolute Gasteiger partial charge is 0.0871 e. The zero-order valence-corrected chi connectivity index (χ0v) is 24.8. The Morgan fingerprint density at radius 3 is 2.34 bits per heavy atom. The first-order valence-corrected chi connectivity index (χ1v) is 16.0. The maximum absolute atomic E-state index is 12.9. The molecule has 3 rings (SSSR count). The first-order valence-electron chi connectivity index (χ1n) is 13.5. The third kappa shape index (κ3) is 7.54. The Hall–Kier alpha value is 1.08. The molecule has 1 heterocycles. The molecule has 1 N–H and O–H groups in total. The molecule has 8 unspecified atom stereocenters. The van der Waals surface area contributed by atoms with Gasteiger partial charge in [0.25, 0.3) is 0 Å². The molecule has 5 heteroatoms. The van der Waals surface area contributed by atoms with Crippen LogP contribution in [0.3, 0.4) is 0 Å². The summed E-state index contributed by atoms with van der Waals surface area (Å²) in [4.78, 5) is 0. The molecule has 2 aliphatic carbocycles. The van der Waals surface area contributed by atoms with Crippen molar-refractivity contribution in [1.82, 2.24) is 0 Å². The number of hydroxylamine groups is 2. The fourth-order valence-corrected chi connectivity index (χ4v) is 10.3. The Labute approximate surface area is 225 Å². The summed E-state index contributed by atoms with van der Waals surface area (Å²) in [6.07, 6.45) is 18.6. The van der Waals surface area contributed by atoms with E-state index in [0.29, 0.717) is 39.1 Å². The lowest BCUT2D eigenvalue weighted by Crippen LogP contribution is -3.11. The van der Waals surface area contributed by atoms with Gasteiger partial charge in [0.1, 0.15) is 0 Å². The van der Waals surface area contributed by atoms with Gasteiger partial charge in [-0.1, -0.05) is 77.9 Å². The summed E-state index contributed by atoms with van der Waals surface area (Å²) >= 11 is 5.55. The van der Waals surface area contributed by atoms with Crippen LogP contribution in [0.25, 0.3) is 0 Å². The molecule has 186 valence electrons. The van der Waals surface area contributed by atoms with Crippen LogP contribution in [0.5, 0.6) is 0 Å². The average Bonchev–Trinajstić information content (AvgIpc) is 3.25. The van der Waals surface area contributed by atoms with Crippen LogP contribution in [0, 0.1) is 28.9 Å². The largest absolute Gasteiger partial charge is 0.634 e. The van der Waals surface area contributed by atoms with Crippen molar-refractivity contribution < 1.29 is 9.80 Å². The van der Waals surface area contributed by atoms with Crippen LogP contribution in [0.1, 0.15) is 97.3 Å². The fourth-order valence-electron chi connectivity index (χ4n) is 6.83. The zero-order chi connectivity index (χ0) is 23.1. The Kier molecular flexibility index (Phi) is 12.1. The van der Waals surface area contributed by atoms with E-state index in [2.05, 4.69) is 65.6 Å². The molecule has 0 aromatic carbocycles. The van der Waals surface area contributed by atoms with Crippen LogP contribution in [-0.4, -0.2) is 32.6 Å². The van der Waals surface area contributed by atoms with Gasteiger partial charge in [0.05, 0.1) is 24.8 Å². The molecular weight excluding hydrogens is 624 g/mol. The molecule has 0 spiro atoms. The molecule has 3 nitrogen and oxygen atoms in total. The molecule has 0 radical (unpaired) electrons. The van der Waals surface area contributed by atoms with E-state index in [4.69, 9.17) is 4.74 Å². The van der Waals surface area contributed by atoms with Crippen molar-refractivity contribution in [3.8, 4) is 0 Å². The molecule has 0 bridgehead atoms. The number of hydrogen-bond donors (Lipinski definition) is 1. The lowest BCUT2D eigenvalue weighted by Gasteiger charge is -2.42. The van der Waals surface area contributed by atoms with Crippen LogP contribution in [-0.2, 0) is 4.74 Å². The minimum atomic E-state index is 0.376. The quantitative estimate of drug-likeness (QED) is 0.125. The van der Waals surface area contributed by atoms with Crippen molar-refractivity contribution in [2.75, 3.05) is 6.54 Å². The number of halogens is 2. The van der Waals surface area contributed by atoms with Gasteiger partial charge in [0.2, 0.25) is 0 Å². The van der Waals surface area contributed by atoms with Gasteiger partial charge in [-0.3, -0.25) is 0 Å². The lowest BCUT2D eigenvalue weighted by atomic mass is 9.71. The topological polar surface area (TPSA) is 36.7 Å². The van der Waals surface area contributed by atoms with Gasteiger partial charge in [0, 0.05) is 7.85 Å². The standard InChI is InChI=1S/C27H47I2NO2/c1-4-9-23-14-15-24(32-23)18-21-13-12-20(25(5-2)27(29)19(3)26(21)28)16-17-30(31)22-10-7-6-8-11-22/h4,19-27,30H,1,5-18H2,2-3H3/t19?,20?,21?,23?,24?,25?,26?,27-/m0/s1. The van der Waals surface area contributed by atoms with Crippen LogP contribution < -0.4 is 5.06 Å². The normalized spacial score (nSPS) is 40.5. The molecule has 32 heavy (non-hydrogen) atoms. The number of rotatable bonds is 9. The molecule has 0 amide bonds. The van der Waals surface area contributed by atoms with Crippen molar-refractivity contribution in [3.05, 3.63) is 17.9 Å². The van der Waals surface area contributed by atoms with E-state index in [1.165, 1.54) is 57.8 Å². The highest BCUT2D eigenvalue weighted by Gasteiger charge is 2.40. The lowest BCUT2D eigenvalue weighted by molar-refractivity contribution is -0.877. The number of alkyl halides is 2. The summed E-state index contributed by atoms with van der Waals surface area (Å²) in [6.45, 7) is 9.60. The van der Waals surface area contributed by atoms with Gasteiger partial charge >= 0.3 is 0 Å². The second-order valence-electron chi connectivity index (χ2n) is 11.0. The summed E-state index contributed by atoms with van der Waals surface area (Å²) in [5.74, 6) is 2.92. The van der Waals surface area contributed by atoms with Gasteiger partial charge in [0.15, 0.2) is 0 Å². The Balaban J connectivity index is 1.60. The van der Waals surface area contributed by atoms with E-state index < -0.39 is 0 Å². The first-order chi connectivity index (χ1) is 15.4. The van der Waals surface area contributed by atoms with Crippen molar-refractivity contribution >= 4 is 45.2 Å². The van der Waals surface area contributed by atoms with E-state index in [1.54, 1.807) is 0 Å². The van der Waals surface area contributed by atoms with Crippen LogP contribution in [0.15, 0.2) is 12.7 Å². The summed E-state index contributed by atoms with van der Waals surface area (Å²) in [5.41, 5.74) is 0. The number of nitrogens with one attached hydrogen (secondary N) is 1. The van der Waals surface area contributed by atoms with E-state index in [9.17, 15) is 5.21 Å². The number of ether oxygens (including phenoxy) is 1. The number of hydrogen-bond acceptors (Lipinski definition) is 2. The third-order valence-corrected chi connectivity index (χ3v) is 13.1. The summed E-state index contributed by atoms with van der Waals surface area (Å²) in [5, 5.41) is 13.5. The second kappa shape index (κ2) is 14.0. The van der Waals surface area contributed by atoms with Crippen molar-refractivity contribution in [2.24, 2.45) is 23.7 Å². The predicted octanol–water partition coefficient (Wildman–Crippen LogP) is 6.90. The van der Waals surface area contributed by atoms with Gasteiger partial charge in [-0.05, 0) is 94.3 Å². The minimum Gasteiger partial charge on any atom is -0.634 e. The highest BCUT2D eigenvalue weighted by Crippen LogP contribution is 2.45. The SMILES string of the molecule is C=CCC1CCC(CC2CCC(CC[NH+]([O-])C3CCCCC3)C(CC)[C@@H](I)C(C)C2I)O1. The molecule has 0 aromatic rings. The maximum Gasteiger partial charge on any atom is 0.0871 e. The van der Waals surface area contributed by atoms with Crippen LogP contribution in [0.2, 0.25) is 0 Å². The molecule has 9 atom stereocenters. The minimum absolute atomic E-state index is 0.376. The molecular formula is C27H47I2NO2. The Morgan fingerprint density at radius 2 is 1.66 bits per heavy atom. The zero-order valence-electron chi connectivity index (χ0n) is 20.5. The van der Waals surface area contributed by atoms with Crippen LogP contribution >= 0.6 is 45.2 Å². The van der Waals surface area contributed by atoms with E-state index >= 15 is 0 Å². The molecule has 3 fully saturated rings. The Bertz CT molecular complexity index is 556. The molecule has 3 aliphatic rings. The first kappa shape index (κ1) is 27.7. The monoisotopic (exact) mass is 671 g/mol. The van der Waals surface area contributed by atoms with E-state index in [1.807, 2.05) is 6.08 Å².